The minimum atomic E-state index is 0.0169. The fourth-order valence-corrected chi connectivity index (χ4v) is 1.41. The topological polar surface area (TPSA) is 20.3 Å². The number of carbonyl (C=O) groups is 1. The van der Waals surface area contributed by atoms with Crippen molar-refractivity contribution in [3.8, 4) is 0 Å². The molecular formula is C14H19NO. The molecule has 0 aliphatic heterocycles. The molecule has 0 heterocycles. The van der Waals surface area contributed by atoms with Crippen molar-refractivity contribution in [3.05, 3.63) is 41.0 Å². The summed E-state index contributed by atoms with van der Waals surface area (Å²) in [7, 11) is 1.80. The molecule has 0 radical (unpaired) electrons. The van der Waals surface area contributed by atoms with Crippen molar-refractivity contribution in [3.63, 3.8) is 0 Å². The third kappa shape index (κ3) is 2.96. The summed E-state index contributed by atoms with van der Waals surface area (Å²) in [6.45, 7) is 7.97. The molecule has 0 aliphatic rings. The van der Waals surface area contributed by atoms with Crippen molar-refractivity contribution < 1.29 is 4.79 Å². The molecule has 0 spiro atoms. The fraction of sp³-hybridized carbons (Fsp3) is 0.357. The molecule has 1 rings (SSSR count). The van der Waals surface area contributed by atoms with Crippen LogP contribution < -0.4 is 4.90 Å². The van der Waals surface area contributed by atoms with Crippen LogP contribution in [-0.4, -0.2) is 13.0 Å². The zero-order valence-electron chi connectivity index (χ0n) is 10.7. The molecule has 1 amide bonds. The Morgan fingerprint density at radius 2 is 1.81 bits per heavy atom. The monoisotopic (exact) mass is 217 g/mol. The van der Waals surface area contributed by atoms with Gasteiger partial charge in [0.15, 0.2) is 0 Å². The summed E-state index contributed by atoms with van der Waals surface area (Å²) in [5.41, 5.74) is 4.40. The smallest absolute Gasteiger partial charge is 0.250 e. The molecule has 86 valence electrons. The minimum absolute atomic E-state index is 0.0169. The number of allylic oxidation sites excluding steroid dienone is 1. The molecule has 0 unspecified atom stereocenters. The van der Waals surface area contributed by atoms with Crippen LogP contribution in [0.4, 0.5) is 5.69 Å². The molecule has 0 saturated heterocycles. The number of anilines is 1. The summed E-state index contributed by atoms with van der Waals surface area (Å²) in [4.78, 5) is 13.5. The molecule has 0 atom stereocenters. The highest BCUT2D eigenvalue weighted by Gasteiger charge is 2.08. The van der Waals surface area contributed by atoms with Gasteiger partial charge < -0.3 is 4.90 Å². The van der Waals surface area contributed by atoms with Crippen LogP contribution in [0.2, 0.25) is 0 Å². The summed E-state index contributed by atoms with van der Waals surface area (Å²) >= 11 is 0. The van der Waals surface area contributed by atoms with E-state index in [0.29, 0.717) is 0 Å². The molecule has 0 fully saturated rings. The molecular weight excluding hydrogens is 198 g/mol. The van der Waals surface area contributed by atoms with Gasteiger partial charge in [-0.3, -0.25) is 4.79 Å². The Labute approximate surface area is 97.6 Å². The highest BCUT2D eigenvalue weighted by atomic mass is 16.2. The van der Waals surface area contributed by atoms with Crippen LogP contribution in [0.15, 0.2) is 29.8 Å². The van der Waals surface area contributed by atoms with Crippen molar-refractivity contribution in [2.24, 2.45) is 0 Å². The summed E-state index contributed by atoms with van der Waals surface area (Å²) < 4.78 is 0. The van der Waals surface area contributed by atoms with Gasteiger partial charge in [0.2, 0.25) is 0 Å². The van der Waals surface area contributed by atoms with Gasteiger partial charge in [0.25, 0.3) is 5.91 Å². The Hall–Kier alpha value is -1.57. The molecule has 0 bridgehead atoms. The van der Waals surface area contributed by atoms with Crippen molar-refractivity contribution in [2.45, 2.75) is 27.7 Å². The highest BCUT2D eigenvalue weighted by molar-refractivity contribution is 6.01. The number of hydrogen-bond acceptors (Lipinski definition) is 1. The van der Waals surface area contributed by atoms with Crippen LogP contribution in [0.1, 0.15) is 25.0 Å². The van der Waals surface area contributed by atoms with E-state index >= 15 is 0 Å². The number of carbonyl (C=O) groups excluding carboxylic acids is 1. The van der Waals surface area contributed by atoms with E-state index in [1.54, 1.807) is 18.0 Å². The van der Waals surface area contributed by atoms with Gasteiger partial charge in [-0.25, -0.2) is 0 Å². The molecule has 16 heavy (non-hydrogen) atoms. The van der Waals surface area contributed by atoms with E-state index in [2.05, 4.69) is 13.8 Å². The maximum atomic E-state index is 11.8. The molecule has 2 heteroatoms. The lowest BCUT2D eigenvalue weighted by atomic mass is 10.1. The quantitative estimate of drug-likeness (QED) is 0.696. The fourth-order valence-electron chi connectivity index (χ4n) is 1.41. The second-order valence-corrected chi connectivity index (χ2v) is 4.39. The van der Waals surface area contributed by atoms with Gasteiger partial charge in [-0.05, 0) is 51.0 Å². The molecule has 2 nitrogen and oxygen atoms in total. The molecule has 0 aromatic heterocycles. The van der Waals surface area contributed by atoms with E-state index in [1.165, 1.54) is 11.1 Å². The third-order valence-corrected chi connectivity index (χ3v) is 2.62. The summed E-state index contributed by atoms with van der Waals surface area (Å²) in [5.74, 6) is 0.0169. The number of aryl methyl sites for hydroxylation is 2. The average molecular weight is 217 g/mol. The van der Waals surface area contributed by atoms with E-state index in [0.717, 1.165) is 11.3 Å². The van der Waals surface area contributed by atoms with E-state index in [9.17, 15) is 4.79 Å². The average Bonchev–Trinajstić information content (AvgIpc) is 2.20. The van der Waals surface area contributed by atoms with Crippen molar-refractivity contribution in [2.75, 3.05) is 11.9 Å². The largest absolute Gasteiger partial charge is 0.312 e. The van der Waals surface area contributed by atoms with Gasteiger partial charge in [0.1, 0.15) is 0 Å². The summed E-state index contributed by atoms with van der Waals surface area (Å²) in [5, 5.41) is 0. The van der Waals surface area contributed by atoms with Crippen LogP contribution in [0.5, 0.6) is 0 Å². The van der Waals surface area contributed by atoms with E-state index in [1.807, 2.05) is 32.0 Å². The maximum Gasteiger partial charge on any atom is 0.250 e. The first kappa shape index (κ1) is 12.5. The highest BCUT2D eigenvalue weighted by Crippen LogP contribution is 2.18. The van der Waals surface area contributed by atoms with Gasteiger partial charge in [-0.1, -0.05) is 11.6 Å². The SMILES string of the molecule is CC(C)=CC(=O)N(C)c1ccc(C)c(C)c1. The van der Waals surface area contributed by atoms with Crippen LogP contribution in [0, 0.1) is 13.8 Å². The lowest BCUT2D eigenvalue weighted by Crippen LogP contribution is -2.24. The predicted molar refractivity (Wildman–Crippen MR) is 68.8 cm³/mol. The zero-order chi connectivity index (χ0) is 12.3. The number of benzene rings is 1. The number of nitrogens with zero attached hydrogens (tertiary/aromatic N) is 1. The molecule has 0 saturated carbocycles. The Morgan fingerprint density at radius 1 is 1.19 bits per heavy atom. The summed E-state index contributed by atoms with van der Waals surface area (Å²) in [6.07, 6.45) is 1.65. The molecule has 1 aromatic rings. The molecule has 0 N–H and O–H groups in total. The van der Waals surface area contributed by atoms with Crippen molar-refractivity contribution in [1.29, 1.82) is 0 Å². The van der Waals surface area contributed by atoms with E-state index in [4.69, 9.17) is 0 Å². The number of likely N-dealkylation sites (N-methyl/N-ethyl adjacent to an activating group) is 1. The number of hydrogen-bond donors (Lipinski definition) is 0. The Morgan fingerprint density at radius 3 is 2.31 bits per heavy atom. The molecule has 0 aliphatic carbocycles. The maximum absolute atomic E-state index is 11.8. The van der Waals surface area contributed by atoms with Crippen LogP contribution >= 0.6 is 0 Å². The van der Waals surface area contributed by atoms with Gasteiger partial charge in [-0.2, -0.15) is 0 Å². The molecule has 1 aromatic carbocycles. The minimum Gasteiger partial charge on any atom is -0.312 e. The second-order valence-electron chi connectivity index (χ2n) is 4.39. The van der Waals surface area contributed by atoms with Crippen molar-refractivity contribution in [1.82, 2.24) is 0 Å². The van der Waals surface area contributed by atoms with Gasteiger partial charge >= 0.3 is 0 Å². The Kier molecular flexibility index (Phi) is 3.88. The Bertz CT molecular complexity index is 428. The lowest BCUT2D eigenvalue weighted by molar-refractivity contribution is -0.113. The van der Waals surface area contributed by atoms with E-state index < -0.39 is 0 Å². The standard InChI is InChI=1S/C14H19NO/c1-10(2)8-14(16)15(5)13-7-6-11(3)12(4)9-13/h6-9H,1-5H3. The van der Waals surface area contributed by atoms with E-state index in [-0.39, 0.29) is 5.91 Å². The lowest BCUT2D eigenvalue weighted by Gasteiger charge is -2.16. The third-order valence-electron chi connectivity index (χ3n) is 2.62. The number of amides is 1. The van der Waals surface area contributed by atoms with Crippen LogP contribution in [0.3, 0.4) is 0 Å². The predicted octanol–water partition coefficient (Wildman–Crippen LogP) is 3.23. The first-order valence-electron chi connectivity index (χ1n) is 5.41. The van der Waals surface area contributed by atoms with Gasteiger partial charge in [-0.15, -0.1) is 0 Å². The zero-order valence-corrected chi connectivity index (χ0v) is 10.7. The summed E-state index contributed by atoms with van der Waals surface area (Å²) in [6, 6.07) is 6.04. The first-order valence-corrected chi connectivity index (χ1v) is 5.41. The van der Waals surface area contributed by atoms with Crippen LogP contribution in [0.25, 0.3) is 0 Å². The van der Waals surface area contributed by atoms with Crippen molar-refractivity contribution >= 4 is 11.6 Å². The van der Waals surface area contributed by atoms with Gasteiger partial charge in [0, 0.05) is 18.8 Å². The number of rotatable bonds is 2. The van der Waals surface area contributed by atoms with Crippen LogP contribution in [-0.2, 0) is 4.79 Å². The normalized spacial score (nSPS) is 9.81. The van der Waals surface area contributed by atoms with Gasteiger partial charge in [0.05, 0.1) is 0 Å². The Balaban J connectivity index is 2.96. The first-order chi connectivity index (χ1) is 7.41. The second kappa shape index (κ2) is 4.97.